The zero-order valence-corrected chi connectivity index (χ0v) is 19.0. The molecule has 1 aromatic rings. The lowest BCUT2D eigenvalue weighted by Crippen LogP contribution is -2.21. The van der Waals surface area contributed by atoms with Gasteiger partial charge in [-0.3, -0.25) is 9.59 Å². The van der Waals surface area contributed by atoms with Gasteiger partial charge in [-0.15, -0.1) is 0 Å². The van der Waals surface area contributed by atoms with Gasteiger partial charge in [0.25, 0.3) is 0 Å². The van der Waals surface area contributed by atoms with Gasteiger partial charge in [-0.25, -0.2) is 0 Å². The number of nitrogens with one attached hydrogen (secondary N) is 1. The van der Waals surface area contributed by atoms with Crippen LogP contribution >= 0.6 is 0 Å². The number of carbonyl (C=O) groups excluding carboxylic acids is 2. The molecule has 2 amide bonds. The molecule has 0 radical (unpaired) electrons. The Balaban J connectivity index is 2.06. The van der Waals surface area contributed by atoms with Gasteiger partial charge < -0.3 is 10.2 Å². The number of anilines is 1. The molecule has 4 nitrogen and oxygen atoms in total. The van der Waals surface area contributed by atoms with E-state index in [0.29, 0.717) is 12.8 Å². The van der Waals surface area contributed by atoms with Crippen LogP contribution in [0.1, 0.15) is 96.0 Å². The van der Waals surface area contributed by atoms with Gasteiger partial charge in [-0.2, -0.15) is 0 Å². The van der Waals surface area contributed by atoms with Crippen LogP contribution in [0.25, 0.3) is 0 Å². The topological polar surface area (TPSA) is 49.4 Å². The fourth-order valence-corrected chi connectivity index (χ4v) is 3.40. The summed E-state index contributed by atoms with van der Waals surface area (Å²) in [5, 5.41) is 2.97. The molecule has 1 N–H and O–H groups in total. The minimum Gasteiger partial charge on any atom is -0.349 e. The number of hydrogen-bond acceptors (Lipinski definition) is 2. The number of rotatable bonds is 16. The minimum atomic E-state index is 0.0939. The fraction of sp³-hybridized carbons (Fsp3) is 0.680. The highest BCUT2D eigenvalue weighted by atomic mass is 16.2. The monoisotopic (exact) mass is 402 g/mol. The molecule has 0 saturated heterocycles. The fourth-order valence-electron chi connectivity index (χ4n) is 3.40. The molecule has 0 aromatic heterocycles. The van der Waals surface area contributed by atoms with E-state index in [4.69, 9.17) is 0 Å². The maximum Gasteiger partial charge on any atom is 0.224 e. The summed E-state index contributed by atoms with van der Waals surface area (Å²) in [6.07, 6.45) is 16.0. The van der Waals surface area contributed by atoms with Gasteiger partial charge in [0.15, 0.2) is 0 Å². The van der Waals surface area contributed by atoms with Crippen LogP contribution < -0.4 is 5.32 Å². The summed E-state index contributed by atoms with van der Waals surface area (Å²) >= 11 is 0. The molecular weight excluding hydrogens is 360 g/mol. The average Bonchev–Trinajstić information content (AvgIpc) is 2.71. The van der Waals surface area contributed by atoms with E-state index in [-0.39, 0.29) is 11.8 Å². The second-order valence-corrected chi connectivity index (χ2v) is 8.32. The molecule has 0 saturated carbocycles. The third-order valence-corrected chi connectivity index (χ3v) is 5.37. The Kier molecular flexibility index (Phi) is 13.9. The van der Waals surface area contributed by atoms with Gasteiger partial charge >= 0.3 is 0 Å². The molecule has 164 valence electrons. The highest BCUT2D eigenvalue weighted by Gasteiger charge is 2.05. The number of amides is 2. The van der Waals surface area contributed by atoms with Crippen LogP contribution in [-0.4, -0.2) is 30.8 Å². The van der Waals surface area contributed by atoms with Crippen molar-refractivity contribution in [3.05, 3.63) is 29.8 Å². The van der Waals surface area contributed by atoms with Crippen molar-refractivity contribution in [2.45, 2.75) is 96.8 Å². The molecule has 1 aromatic carbocycles. The van der Waals surface area contributed by atoms with E-state index >= 15 is 0 Å². The molecule has 4 heteroatoms. The third-order valence-electron chi connectivity index (χ3n) is 5.37. The van der Waals surface area contributed by atoms with Crippen molar-refractivity contribution < 1.29 is 9.59 Å². The predicted molar refractivity (Wildman–Crippen MR) is 123 cm³/mol. The van der Waals surface area contributed by atoms with Crippen molar-refractivity contribution in [1.82, 2.24) is 4.90 Å². The Morgan fingerprint density at radius 2 is 1.28 bits per heavy atom. The van der Waals surface area contributed by atoms with Crippen LogP contribution in [-0.2, 0) is 16.0 Å². The number of benzene rings is 1. The summed E-state index contributed by atoms with van der Waals surface area (Å²) in [6.45, 7) is 2.26. The normalized spacial score (nSPS) is 10.7. The summed E-state index contributed by atoms with van der Waals surface area (Å²) < 4.78 is 0. The van der Waals surface area contributed by atoms with E-state index in [1.54, 1.807) is 19.0 Å². The number of carbonyl (C=O) groups is 2. The Bertz CT molecular complexity index is 567. The molecule has 0 fully saturated rings. The SMILES string of the molecule is CCCCCCCCCCCCCC(=O)Nc1ccc(CCC(=O)N(C)C)cc1. The smallest absolute Gasteiger partial charge is 0.224 e. The molecular formula is C25H42N2O2. The first-order chi connectivity index (χ1) is 14.0. The zero-order chi connectivity index (χ0) is 21.3. The standard InChI is InChI=1S/C25H42N2O2/c1-4-5-6-7-8-9-10-11-12-13-14-15-24(28)26-23-19-16-22(17-20-23)18-21-25(29)27(2)3/h16-17,19-20H,4-15,18,21H2,1-3H3,(H,26,28). The Hall–Kier alpha value is -1.84. The van der Waals surface area contributed by atoms with Crippen molar-refractivity contribution in [3.8, 4) is 0 Å². The van der Waals surface area contributed by atoms with Gasteiger partial charge in [-0.1, -0.05) is 83.3 Å². The predicted octanol–water partition coefficient (Wildman–Crippen LogP) is 6.35. The first kappa shape index (κ1) is 25.2. The summed E-state index contributed by atoms with van der Waals surface area (Å²) in [7, 11) is 3.55. The molecule has 0 aliphatic rings. The third kappa shape index (κ3) is 13.1. The molecule has 0 bridgehead atoms. The highest BCUT2D eigenvalue weighted by Crippen LogP contribution is 2.14. The lowest BCUT2D eigenvalue weighted by Gasteiger charge is -2.10. The Labute approximate surface area is 178 Å². The van der Waals surface area contributed by atoms with Crippen molar-refractivity contribution in [2.75, 3.05) is 19.4 Å². The maximum absolute atomic E-state index is 12.1. The highest BCUT2D eigenvalue weighted by molar-refractivity contribution is 5.90. The van der Waals surface area contributed by atoms with Crippen LogP contribution in [0.5, 0.6) is 0 Å². The van der Waals surface area contributed by atoms with Crippen LogP contribution in [0, 0.1) is 0 Å². The first-order valence-electron chi connectivity index (χ1n) is 11.6. The minimum absolute atomic E-state index is 0.0939. The average molecular weight is 403 g/mol. The van der Waals surface area contributed by atoms with Crippen LogP contribution in [0.3, 0.4) is 0 Å². The van der Waals surface area contributed by atoms with Gasteiger partial charge in [0, 0.05) is 32.6 Å². The van der Waals surface area contributed by atoms with E-state index in [0.717, 1.165) is 30.5 Å². The second kappa shape index (κ2) is 16.0. The van der Waals surface area contributed by atoms with Gasteiger partial charge in [-0.05, 0) is 30.5 Å². The summed E-state index contributed by atoms with van der Waals surface area (Å²) in [5.41, 5.74) is 1.95. The number of unbranched alkanes of at least 4 members (excludes halogenated alkanes) is 10. The molecule has 0 heterocycles. The molecule has 0 atom stereocenters. The first-order valence-corrected chi connectivity index (χ1v) is 11.6. The van der Waals surface area contributed by atoms with Gasteiger partial charge in [0.05, 0.1) is 0 Å². The summed E-state index contributed by atoms with van der Waals surface area (Å²) in [6, 6.07) is 7.82. The molecule has 0 aliphatic carbocycles. The molecule has 1 rings (SSSR count). The quantitative estimate of drug-likeness (QED) is 0.328. The Morgan fingerprint density at radius 1 is 0.759 bits per heavy atom. The van der Waals surface area contributed by atoms with Gasteiger partial charge in [0.1, 0.15) is 0 Å². The number of hydrogen-bond donors (Lipinski definition) is 1. The number of nitrogens with zero attached hydrogens (tertiary/aromatic N) is 1. The van der Waals surface area contributed by atoms with Crippen LogP contribution in [0.15, 0.2) is 24.3 Å². The summed E-state index contributed by atoms with van der Waals surface area (Å²) in [4.78, 5) is 25.3. The second-order valence-electron chi connectivity index (χ2n) is 8.32. The molecule has 0 aliphatic heterocycles. The van der Waals surface area contributed by atoms with Gasteiger partial charge in [0.2, 0.25) is 11.8 Å². The van der Waals surface area contributed by atoms with E-state index in [2.05, 4.69) is 12.2 Å². The molecule has 0 spiro atoms. The molecule has 0 unspecified atom stereocenters. The van der Waals surface area contributed by atoms with E-state index in [1.807, 2.05) is 24.3 Å². The lowest BCUT2D eigenvalue weighted by molar-refractivity contribution is -0.128. The van der Waals surface area contributed by atoms with Crippen molar-refractivity contribution in [1.29, 1.82) is 0 Å². The van der Waals surface area contributed by atoms with E-state index in [9.17, 15) is 9.59 Å². The van der Waals surface area contributed by atoms with E-state index < -0.39 is 0 Å². The largest absolute Gasteiger partial charge is 0.349 e. The number of aryl methyl sites for hydroxylation is 1. The van der Waals surface area contributed by atoms with Crippen LogP contribution in [0.4, 0.5) is 5.69 Å². The van der Waals surface area contributed by atoms with Crippen molar-refractivity contribution in [3.63, 3.8) is 0 Å². The van der Waals surface area contributed by atoms with E-state index in [1.165, 1.54) is 57.8 Å². The van der Waals surface area contributed by atoms with Crippen molar-refractivity contribution in [2.24, 2.45) is 0 Å². The molecule has 29 heavy (non-hydrogen) atoms. The maximum atomic E-state index is 12.1. The summed E-state index contributed by atoms with van der Waals surface area (Å²) in [5.74, 6) is 0.228. The zero-order valence-electron chi connectivity index (χ0n) is 19.0. The van der Waals surface area contributed by atoms with Crippen LogP contribution in [0.2, 0.25) is 0 Å². The lowest BCUT2D eigenvalue weighted by atomic mass is 10.1. The van der Waals surface area contributed by atoms with Crippen molar-refractivity contribution >= 4 is 17.5 Å². The Morgan fingerprint density at radius 3 is 1.79 bits per heavy atom.